The van der Waals surface area contributed by atoms with E-state index in [0.717, 1.165) is 31.2 Å². The van der Waals surface area contributed by atoms with Gasteiger partial charge in [0, 0.05) is 23.8 Å². The fraction of sp³-hybridized carbons (Fsp3) is 0.586. The van der Waals surface area contributed by atoms with Gasteiger partial charge in [0.2, 0.25) is 0 Å². The molecule has 4 atom stereocenters. The molecular formula is C29H28F8O3. The molecular weight excluding hydrogens is 548 g/mol. The zero-order valence-electron chi connectivity index (χ0n) is 21.6. The molecule has 0 spiro atoms. The third-order valence-electron chi connectivity index (χ3n) is 8.24. The molecule has 1 heterocycles. The highest BCUT2D eigenvalue weighted by Gasteiger charge is 2.49. The van der Waals surface area contributed by atoms with E-state index in [0.29, 0.717) is 37.7 Å². The molecule has 3 nitrogen and oxygen atoms in total. The maximum absolute atomic E-state index is 15.3. The molecule has 218 valence electrons. The average molecular weight is 577 g/mol. The van der Waals surface area contributed by atoms with Crippen molar-refractivity contribution in [3.63, 3.8) is 0 Å². The number of ether oxygens (including phenoxy) is 3. The Labute approximate surface area is 226 Å². The Balaban J connectivity index is 1.28. The number of alkyl halides is 5. The summed E-state index contributed by atoms with van der Waals surface area (Å²) in [6, 6.07) is 1.89. The predicted octanol–water partition coefficient (Wildman–Crippen LogP) is 7.98. The minimum atomic E-state index is -5.02. The number of halogens is 8. The molecule has 0 amide bonds. The lowest BCUT2D eigenvalue weighted by Crippen LogP contribution is -2.44. The van der Waals surface area contributed by atoms with Crippen LogP contribution in [0, 0.1) is 58.9 Å². The molecule has 0 aromatic heterocycles. The highest BCUT2D eigenvalue weighted by Crippen LogP contribution is 2.50. The summed E-state index contributed by atoms with van der Waals surface area (Å²) in [6.07, 6.45) is -5.59. The Morgan fingerprint density at radius 1 is 0.825 bits per heavy atom. The SMILES string of the molecule is CC1COC(C2CCC3CC(C(F)(F)Oc4cc(F)c5c(F)c(C#CC(F)(F)F)c(F)cc5c4)CCC3C2)OC1. The van der Waals surface area contributed by atoms with Crippen molar-refractivity contribution in [2.24, 2.45) is 29.6 Å². The second-order valence-corrected chi connectivity index (χ2v) is 11.2. The fourth-order valence-electron chi connectivity index (χ4n) is 6.30. The van der Waals surface area contributed by atoms with E-state index in [4.69, 9.17) is 14.2 Å². The lowest BCUT2D eigenvalue weighted by Gasteiger charge is -2.45. The van der Waals surface area contributed by atoms with Crippen molar-refractivity contribution >= 4 is 10.8 Å². The van der Waals surface area contributed by atoms with Crippen molar-refractivity contribution in [2.75, 3.05) is 13.2 Å². The summed E-state index contributed by atoms with van der Waals surface area (Å²) in [4.78, 5) is 0. The molecule has 3 aliphatic rings. The normalized spacial score (nSPS) is 29.4. The molecule has 4 unspecified atom stereocenters. The molecule has 40 heavy (non-hydrogen) atoms. The molecule has 0 N–H and O–H groups in total. The summed E-state index contributed by atoms with van der Waals surface area (Å²) in [5, 5.41) is -1.36. The van der Waals surface area contributed by atoms with E-state index < -0.39 is 57.7 Å². The van der Waals surface area contributed by atoms with Crippen LogP contribution in [0.3, 0.4) is 0 Å². The number of rotatable bonds is 4. The standard InChI is InChI=1S/C29H28F8O3/c1-15-13-38-27(39-14-15)18-3-2-17-9-20(5-4-16(17)8-18)29(36,37)40-21-10-19-11-23(30)22(6-7-28(33,34)35)26(32)25(19)24(31)12-21/h10-12,15-18,20,27H,2-5,8-9,13-14H2,1H3. The summed E-state index contributed by atoms with van der Waals surface area (Å²) in [7, 11) is 0. The highest BCUT2D eigenvalue weighted by atomic mass is 19.4. The van der Waals surface area contributed by atoms with Gasteiger partial charge in [0.1, 0.15) is 17.4 Å². The molecule has 11 heteroatoms. The van der Waals surface area contributed by atoms with Crippen LogP contribution in [0.5, 0.6) is 5.75 Å². The number of fused-ring (bicyclic) bond motifs is 2. The molecule has 2 aliphatic carbocycles. The maximum Gasteiger partial charge on any atom is 0.458 e. The van der Waals surface area contributed by atoms with Crippen molar-refractivity contribution < 1.29 is 49.3 Å². The van der Waals surface area contributed by atoms with Crippen LogP contribution in [0.25, 0.3) is 10.8 Å². The highest BCUT2D eigenvalue weighted by molar-refractivity contribution is 5.87. The Morgan fingerprint density at radius 3 is 2.17 bits per heavy atom. The van der Waals surface area contributed by atoms with Crippen molar-refractivity contribution in [3.05, 3.63) is 41.2 Å². The lowest BCUT2D eigenvalue weighted by atomic mass is 9.64. The number of hydrogen-bond donors (Lipinski definition) is 0. The van der Waals surface area contributed by atoms with Gasteiger partial charge in [-0.25, -0.2) is 13.2 Å². The van der Waals surface area contributed by atoms with Crippen molar-refractivity contribution in [2.45, 2.75) is 64.0 Å². The van der Waals surface area contributed by atoms with Gasteiger partial charge in [-0.2, -0.15) is 22.0 Å². The van der Waals surface area contributed by atoms with Gasteiger partial charge in [-0.1, -0.05) is 12.8 Å². The smallest absolute Gasteiger partial charge is 0.432 e. The zero-order valence-corrected chi connectivity index (χ0v) is 21.6. The van der Waals surface area contributed by atoms with Gasteiger partial charge in [0.25, 0.3) is 0 Å². The van der Waals surface area contributed by atoms with Gasteiger partial charge in [-0.3, -0.25) is 0 Å². The largest absolute Gasteiger partial charge is 0.458 e. The van der Waals surface area contributed by atoms with Crippen molar-refractivity contribution in [1.82, 2.24) is 0 Å². The van der Waals surface area contributed by atoms with Gasteiger partial charge in [0.15, 0.2) is 12.1 Å². The van der Waals surface area contributed by atoms with Crippen LogP contribution in [0.4, 0.5) is 35.1 Å². The van der Waals surface area contributed by atoms with E-state index in [-0.39, 0.29) is 36.9 Å². The van der Waals surface area contributed by atoms with Crippen LogP contribution >= 0.6 is 0 Å². The van der Waals surface area contributed by atoms with E-state index >= 15 is 8.78 Å². The average Bonchev–Trinajstić information content (AvgIpc) is 2.87. The van der Waals surface area contributed by atoms with Gasteiger partial charge >= 0.3 is 12.3 Å². The van der Waals surface area contributed by atoms with Crippen LogP contribution < -0.4 is 4.74 Å². The molecule has 1 saturated heterocycles. The van der Waals surface area contributed by atoms with Crippen LogP contribution in [0.1, 0.15) is 51.0 Å². The molecule has 2 aromatic carbocycles. The fourth-order valence-corrected chi connectivity index (χ4v) is 6.30. The molecule has 2 saturated carbocycles. The monoisotopic (exact) mass is 576 g/mol. The summed E-state index contributed by atoms with van der Waals surface area (Å²) >= 11 is 0. The van der Waals surface area contributed by atoms with Crippen LogP contribution in [0.15, 0.2) is 18.2 Å². The summed E-state index contributed by atoms with van der Waals surface area (Å²) in [6.45, 7) is 3.33. The second kappa shape index (κ2) is 11.0. The van der Waals surface area contributed by atoms with E-state index in [9.17, 15) is 26.3 Å². The summed E-state index contributed by atoms with van der Waals surface area (Å²) < 4.78 is 128. The first-order valence-corrected chi connectivity index (χ1v) is 13.3. The zero-order chi connectivity index (χ0) is 28.8. The van der Waals surface area contributed by atoms with Gasteiger partial charge < -0.3 is 14.2 Å². The van der Waals surface area contributed by atoms with Crippen molar-refractivity contribution in [1.29, 1.82) is 0 Å². The first-order valence-electron chi connectivity index (χ1n) is 13.3. The molecule has 5 rings (SSSR count). The van der Waals surface area contributed by atoms with Gasteiger partial charge in [0.05, 0.1) is 30.1 Å². The molecule has 2 aromatic rings. The van der Waals surface area contributed by atoms with Gasteiger partial charge in [-0.15, -0.1) is 0 Å². The third kappa shape index (κ3) is 6.18. The lowest BCUT2D eigenvalue weighted by molar-refractivity contribution is -0.240. The van der Waals surface area contributed by atoms with Crippen LogP contribution in [-0.4, -0.2) is 31.8 Å². The van der Waals surface area contributed by atoms with E-state index in [1.807, 2.05) is 6.92 Å². The topological polar surface area (TPSA) is 27.7 Å². The Hall–Kier alpha value is -2.58. The van der Waals surface area contributed by atoms with Crippen molar-refractivity contribution in [3.8, 4) is 17.6 Å². The minimum absolute atomic E-state index is 0.0692. The van der Waals surface area contributed by atoms with E-state index in [2.05, 4.69) is 0 Å². The van der Waals surface area contributed by atoms with E-state index in [1.165, 1.54) is 5.92 Å². The Morgan fingerprint density at radius 2 is 1.48 bits per heavy atom. The molecule has 0 bridgehead atoms. The molecule has 3 fully saturated rings. The number of benzene rings is 2. The van der Waals surface area contributed by atoms with Gasteiger partial charge in [-0.05, 0) is 67.9 Å². The Bertz CT molecular complexity index is 1310. The maximum atomic E-state index is 15.3. The third-order valence-corrected chi connectivity index (χ3v) is 8.24. The minimum Gasteiger partial charge on any atom is -0.432 e. The first kappa shape index (κ1) is 28.9. The van der Waals surface area contributed by atoms with E-state index in [1.54, 1.807) is 0 Å². The quantitative estimate of drug-likeness (QED) is 0.273. The molecule has 1 aliphatic heterocycles. The summed E-state index contributed by atoms with van der Waals surface area (Å²) in [5.41, 5.74) is -1.27. The first-order chi connectivity index (χ1) is 18.8. The Kier molecular flexibility index (Phi) is 7.96. The summed E-state index contributed by atoms with van der Waals surface area (Å²) in [5.74, 6) is -3.36. The van der Waals surface area contributed by atoms with Crippen LogP contribution in [0.2, 0.25) is 0 Å². The van der Waals surface area contributed by atoms with Crippen LogP contribution in [-0.2, 0) is 9.47 Å². The number of hydrogen-bond acceptors (Lipinski definition) is 3. The molecule has 0 radical (unpaired) electrons. The predicted molar refractivity (Wildman–Crippen MR) is 129 cm³/mol. The second-order valence-electron chi connectivity index (χ2n) is 11.2.